The number of Topliss-reactive ketones (excluding diaryl/α,β-unsaturated/α-hetero) is 1. The van der Waals surface area contributed by atoms with E-state index in [1.54, 1.807) is 31.4 Å². The number of nitrogens with one attached hydrogen (secondary N) is 1. The van der Waals surface area contributed by atoms with Crippen LogP contribution in [-0.2, 0) is 0 Å². The van der Waals surface area contributed by atoms with Crippen LogP contribution in [0, 0.1) is 0 Å². The van der Waals surface area contributed by atoms with Crippen molar-refractivity contribution in [3.05, 3.63) is 94.8 Å². The molecule has 0 aliphatic heterocycles. The van der Waals surface area contributed by atoms with Gasteiger partial charge in [0.1, 0.15) is 16.8 Å². The molecule has 0 aliphatic carbocycles. The Morgan fingerprint density at radius 1 is 1.00 bits per heavy atom. The monoisotopic (exact) mass is 441 g/mol. The van der Waals surface area contributed by atoms with Crippen molar-refractivity contribution in [2.75, 3.05) is 12.9 Å². The third-order valence-corrected chi connectivity index (χ3v) is 6.19. The van der Waals surface area contributed by atoms with Crippen LogP contribution in [0.5, 0.6) is 5.75 Å². The number of para-hydroxylation sites is 3. The highest BCUT2D eigenvalue weighted by Crippen LogP contribution is 2.29. The van der Waals surface area contributed by atoms with Gasteiger partial charge in [-0.15, -0.1) is 0 Å². The molecule has 0 saturated carbocycles. The second kappa shape index (κ2) is 8.36. The Kier molecular flexibility index (Phi) is 5.25. The van der Waals surface area contributed by atoms with E-state index < -0.39 is 0 Å². The van der Waals surface area contributed by atoms with Crippen LogP contribution in [0.2, 0.25) is 0 Å². The number of hydrogen-bond acceptors (Lipinski definition) is 5. The van der Waals surface area contributed by atoms with E-state index in [0.29, 0.717) is 33.2 Å². The SMILES string of the molecule is COc1ccccc1-n1c(SCC(=O)c2ccccc2)nc2c([nH]c3ccccc32)c1=O. The van der Waals surface area contributed by atoms with E-state index >= 15 is 0 Å². The average molecular weight is 442 g/mol. The molecule has 2 heterocycles. The first-order chi connectivity index (χ1) is 15.7. The molecule has 6 nitrogen and oxygen atoms in total. The summed E-state index contributed by atoms with van der Waals surface area (Å²) in [5.74, 6) is 0.665. The highest BCUT2D eigenvalue weighted by atomic mass is 32.2. The molecule has 5 aromatic rings. The lowest BCUT2D eigenvalue weighted by Crippen LogP contribution is -2.22. The number of methoxy groups -OCH3 is 1. The maximum Gasteiger partial charge on any atom is 0.283 e. The van der Waals surface area contributed by atoms with Gasteiger partial charge in [0.25, 0.3) is 5.56 Å². The molecule has 1 N–H and O–H groups in total. The number of nitrogens with zero attached hydrogens (tertiary/aromatic N) is 2. The Morgan fingerprint density at radius 2 is 1.72 bits per heavy atom. The molecule has 0 amide bonds. The first-order valence-electron chi connectivity index (χ1n) is 10.1. The normalized spacial score (nSPS) is 11.2. The van der Waals surface area contributed by atoms with Crippen LogP contribution in [0.15, 0.2) is 88.8 Å². The van der Waals surface area contributed by atoms with Gasteiger partial charge in [-0.2, -0.15) is 0 Å². The molecular formula is C25H19N3O3S. The highest BCUT2D eigenvalue weighted by molar-refractivity contribution is 7.99. The number of H-pyrrole nitrogens is 1. The zero-order valence-electron chi connectivity index (χ0n) is 17.2. The van der Waals surface area contributed by atoms with Gasteiger partial charge in [0.15, 0.2) is 10.9 Å². The van der Waals surface area contributed by atoms with Crippen molar-refractivity contribution in [2.24, 2.45) is 0 Å². The number of carbonyl (C=O) groups excluding carboxylic acids is 1. The van der Waals surface area contributed by atoms with Crippen LogP contribution in [0.1, 0.15) is 10.4 Å². The smallest absolute Gasteiger partial charge is 0.283 e. The predicted octanol–water partition coefficient (Wildman–Crippen LogP) is 4.85. The van der Waals surface area contributed by atoms with Crippen molar-refractivity contribution >= 4 is 39.5 Å². The minimum absolute atomic E-state index is 0.0320. The number of fused-ring (bicyclic) bond motifs is 3. The number of ether oxygens (including phenoxy) is 1. The third kappa shape index (κ3) is 3.46. The summed E-state index contributed by atoms with van der Waals surface area (Å²) in [5.41, 5.74) is 2.79. The Morgan fingerprint density at radius 3 is 2.53 bits per heavy atom. The number of benzene rings is 3. The lowest BCUT2D eigenvalue weighted by Gasteiger charge is -2.14. The third-order valence-electron chi connectivity index (χ3n) is 5.25. The standard InChI is InChI=1S/C25H19N3O3S/c1-31-21-14-8-7-13-19(21)28-24(30)23-22(17-11-5-6-12-18(17)26-23)27-25(28)32-15-20(29)16-9-3-2-4-10-16/h2-14,26H,15H2,1H3. The van der Waals surface area contributed by atoms with Gasteiger partial charge in [0.05, 0.1) is 18.6 Å². The maximum atomic E-state index is 13.6. The molecule has 3 aromatic carbocycles. The molecule has 158 valence electrons. The Labute approximate surface area is 187 Å². The number of carbonyl (C=O) groups is 1. The van der Waals surface area contributed by atoms with Crippen molar-refractivity contribution in [1.29, 1.82) is 0 Å². The van der Waals surface area contributed by atoms with Gasteiger partial charge >= 0.3 is 0 Å². The van der Waals surface area contributed by atoms with Crippen LogP contribution in [0.25, 0.3) is 27.6 Å². The first-order valence-corrected chi connectivity index (χ1v) is 11.0. The van der Waals surface area contributed by atoms with Crippen LogP contribution in [0.4, 0.5) is 0 Å². The summed E-state index contributed by atoms with van der Waals surface area (Å²) >= 11 is 1.24. The van der Waals surface area contributed by atoms with Gasteiger partial charge in [-0.1, -0.05) is 72.4 Å². The Balaban J connectivity index is 1.69. The summed E-state index contributed by atoms with van der Waals surface area (Å²) in [5, 5.41) is 1.30. The largest absolute Gasteiger partial charge is 0.495 e. The lowest BCUT2D eigenvalue weighted by atomic mass is 10.2. The molecule has 7 heteroatoms. The van der Waals surface area contributed by atoms with E-state index in [1.165, 1.54) is 16.3 Å². The zero-order chi connectivity index (χ0) is 22.1. The van der Waals surface area contributed by atoms with Crippen molar-refractivity contribution in [3.8, 4) is 11.4 Å². The van der Waals surface area contributed by atoms with E-state index in [4.69, 9.17) is 9.72 Å². The molecule has 0 fully saturated rings. The van der Waals surface area contributed by atoms with Gasteiger partial charge in [0.2, 0.25) is 0 Å². The van der Waals surface area contributed by atoms with E-state index in [0.717, 1.165) is 10.9 Å². The quantitative estimate of drug-likeness (QED) is 0.232. The molecule has 0 spiro atoms. The molecule has 0 bridgehead atoms. The number of thioether (sulfide) groups is 1. The Hall–Kier alpha value is -3.84. The van der Waals surface area contributed by atoms with Crippen LogP contribution >= 0.6 is 11.8 Å². The fraction of sp³-hybridized carbons (Fsp3) is 0.0800. The van der Waals surface area contributed by atoms with Crippen LogP contribution < -0.4 is 10.3 Å². The number of rotatable bonds is 6. The summed E-state index contributed by atoms with van der Waals surface area (Å²) in [6.45, 7) is 0. The van der Waals surface area contributed by atoms with Crippen molar-refractivity contribution in [3.63, 3.8) is 0 Å². The molecule has 32 heavy (non-hydrogen) atoms. The summed E-state index contributed by atoms with van der Waals surface area (Å²) in [4.78, 5) is 34.4. The van der Waals surface area contributed by atoms with E-state index in [-0.39, 0.29) is 17.1 Å². The fourth-order valence-corrected chi connectivity index (χ4v) is 4.60. The number of aromatic nitrogens is 3. The van der Waals surface area contributed by atoms with E-state index in [9.17, 15) is 9.59 Å². The minimum atomic E-state index is -0.245. The summed E-state index contributed by atoms with van der Waals surface area (Å²) in [7, 11) is 1.56. The molecule has 0 aliphatic rings. The zero-order valence-corrected chi connectivity index (χ0v) is 18.1. The molecule has 5 rings (SSSR count). The molecule has 0 atom stereocenters. The minimum Gasteiger partial charge on any atom is -0.495 e. The van der Waals surface area contributed by atoms with Gasteiger partial charge in [-0.05, 0) is 18.2 Å². The van der Waals surface area contributed by atoms with Gasteiger partial charge < -0.3 is 9.72 Å². The van der Waals surface area contributed by atoms with Crippen molar-refractivity contribution in [1.82, 2.24) is 14.5 Å². The van der Waals surface area contributed by atoms with Crippen molar-refractivity contribution in [2.45, 2.75) is 5.16 Å². The first kappa shape index (κ1) is 20.1. The van der Waals surface area contributed by atoms with Crippen molar-refractivity contribution < 1.29 is 9.53 Å². The predicted molar refractivity (Wildman–Crippen MR) is 127 cm³/mol. The number of hydrogen-bond donors (Lipinski definition) is 1. The van der Waals surface area contributed by atoms with Gasteiger partial charge in [0, 0.05) is 16.5 Å². The average Bonchev–Trinajstić information content (AvgIpc) is 3.22. The molecule has 0 unspecified atom stereocenters. The molecule has 0 saturated heterocycles. The summed E-state index contributed by atoms with van der Waals surface area (Å²) < 4.78 is 7.02. The van der Waals surface area contributed by atoms with Crippen LogP contribution in [0.3, 0.4) is 0 Å². The maximum absolute atomic E-state index is 13.6. The van der Waals surface area contributed by atoms with Gasteiger partial charge in [-0.25, -0.2) is 9.55 Å². The second-order valence-corrected chi connectivity index (χ2v) is 8.12. The van der Waals surface area contributed by atoms with E-state index in [1.807, 2.05) is 54.6 Å². The summed E-state index contributed by atoms with van der Waals surface area (Å²) in [6, 6.07) is 24.0. The Bertz CT molecular complexity index is 1510. The highest BCUT2D eigenvalue weighted by Gasteiger charge is 2.20. The molecular weight excluding hydrogens is 422 g/mol. The van der Waals surface area contributed by atoms with Crippen LogP contribution in [-0.4, -0.2) is 33.2 Å². The number of ketones is 1. The number of aromatic amines is 1. The molecule has 2 aromatic heterocycles. The lowest BCUT2D eigenvalue weighted by molar-refractivity contribution is 0.102. The fourth-order valence-electron chi connectivity index (χ4n) is 3.70. The molecule has 0 radical (unpaired) electrons. The topological polar surface area (TPSA) is 77.0 Å². The summed E-state index contributed by atoms with van der Waals surface area (Å²) in [6.07, 6.45) is 0. The van der Waals surface area contributed by atoms with E-state index in [2.05, 4.69) is 4.98 Å². The van der Waals surface area contributed by atoms with Gasteiger partial charge in [-0.3, -0.25) is 9.59 Å². The second-order valence-electron chi connectivity index (χ2n) is 7.18.